The number of piperidine rings is 1. The Morgan fingerprint density at radius 1 is 1.03 bits per heavy atom. The number of rotatable bonds is 4. The summed E-state index contributed by atoms with van der Waals surface area (Å²) >= 11 is 1.79. The molecule has 5 heterocycles. The van der Waals surface area contributed by atoms with Crippen LogP contribution in [0.25, 0.3) is 32.5 Å². The van der Waals surface area contributed by atoms with E-state index in [1.54, 1.807) is 17.4 Å². The molecule has 0 bridgehead atoms. The number of thiophene rings is 1. The van der Waals surface area contributed by atoms with E-state index in [1.165, 1.54) is 30.2 Å². The summed E-state index contributed by atoms with van der Waals surface area (Å²) < 4.78 is 21.1. The lowest BCUT2D eigenvalue weighted by Gasteiger charge is -2.28. The van der Waals surface area contributed by atoms with E-state index in [1.807, 2.05) is 12.3 Å². The van der Waals surface area contributed by atoms with Crippen LogP contribution in [-0.2, 0) is 11.3 Å². The third kappa shape index (κ3) is 3.76. The minimum atomic E-state index is -0.289. The summed E-state index contributed by atoms with van der Waals surface area (Å²) in [4.78, 5) is 19.2. The molecule has 2 aliphatic rings. The van der Waals surface area contributed by atoms with E-state index >= 15 is 0 Å². The number of H-pyrrole nitrogens is 1. The molecule has 166 valence electrons. The zero-order valence-electron chi connectivity index (χ0n) is 17.9. The van der Waals surface area contributed by atoms with Gasteiger partial charge in [-0.25, -0.2) is 14.4 Å². The topological polar surface area (TPSA) is 57.3 Å². The molecule has 6 rings (SSSR count). The monoisotopic (exact) mass is 451 g/mol. The van der Waals surface area contributed by atoms with E-state index in [9.17, 15) is 4.39 Å². The van der Waals surface area contributed by atoms with Crippen molar-refractivity contribution in [1.29, 1.82) is 0 Å². The molecule has 2 aliphatic heterocycles. The Hall–Kier alpha value is -2.55. The van der Waals surface area contributed by atoms with Crippen LogP contribution in [0, 0.1) is 5.82 Å². The van der Waals surface area contributed by atoms with Crippen LogP contribution in [0.15, 0.2) is 30.5 Å². The fraction of sp³-hybridized carbons (Fsp3) is 0.417. The number of fused-ring (bicyclic) bond motifs is 2. The molecule has 6 nitrogen and oxygen atoms in total. The normalized spacial score (nSPS) is 18.1. The lowest BCUT2D eigenvalue weighted by Crippen LogP contribution is -2.36. The molecular weight excluding hydrogens is 425 g/mol. The Morgan fingerprint density at radius 3 is 2.72 bits per heavy atom. The predicted molar refractivity (Wildman–Crippen MR) is 127 cm³/mol. The predicted octanol–water partition coefficient (Wildman–Crippen LogP) is 4.80. The van der Waals surface area contributed by atoms with E-state index in [-0.39, 0.29) is 5.82 Å². The largest absolute Gasteiger partial charge is 0.378 e. The lowest BCUT2D eigenvalue weighted by atomic mass is 10.1. The van der Waals surface area contributed by atoms with Gasteiger partial charge >= 0.3 is 0 Å². The Labute approximate surface area is 190 Å². The maximum absolute atomic E-state index is 14.4. The van der Waals surface area contributed by atoms with E-state index in [2.05, 4.69) is 20.9 Å². The first kappa shape index (κ1) is 20.1. The van der Waals surface area contributed by atoms with Gasteiger partial charge < -0.3 is 14.6 Å². The summed E-state index contributed by atoms with van der Waals surface area (Å²) in [6.07, 6.45) is 5.72. The molecule has 0 unspecified atom stereocenters. The van der Waals surface area contributed by atoms with Crippen LogP contribution < -0.4 is 4.90 Å². The summed E-state index contributed by atoms with van der Waals surface area (Å²) in [5.41, 5.74) is 2.43. The first-order chi connectivity index (χ1) is 15.7. The van der Waals surface area contributed by atoms with Crippen LogP contribution in [0.2, 0.25) is 0 Å². The van der Waals surface area contributed by atoms with Crippen molar-refractivity contribution in [3.05, 3.63) is 41.2 Å². The molecule has 0 saturated carbocycles. The van der Waals surface area contributed by atoms with Gasteiger partial charge in [-0.15, -0.1) is 11.3 Å². The third-order valence-electron chi connectivity index (χ3n) is 6.42. The summed E-state index contributed by atoms with van der Waals surface area (Å²) in [6, 6.07) is 7.22. The molecule has 3 aromatic heterocycles. The zero-order valence-corrected chi connectivity index (χ0v) is 18.8. The van der Waals surface area contributed by atoms with Crippen molar-refractivity contribution in [2.45, 2.75) is 25.8 Å². The number of anilines is 1. The summed E-state index contributed by atoms with van der Waals surface area (Å²) in [6.45, 7) is 6.26. The van der Waals surface area contributed by atoms with Crippen molar-refractivity contribution in [2.24, 2.45) is 0 Å². The second-order valence-corrected chi connectivity index (χ2v) is 9.76. The number of halogens is 1. The molecule has 2 saturated heterocycles. The van der Waals surface area contributed by atoms with Gasteiger partial charge in [0.1, 0.15) is 5.82 Å². The molecule has 0 spiro atoms. The second-order valence-electron chi connectivity index (χ2n) is 8.63. The van der Waals surface area contributed by atoms with Crippen molar-refractivity contribution in [2.75, 3.05) is 44.3 Å². The minimum Gasteiger partial charge on any atom is -0.378 e. The highest BCUT2D eigenvalue weighted by molar-refractivity contribution is 7.19. The molecule has 1 aromatic carbocycles. The van der Waals surface area contributed by atoms with Crippen LogP contribution in [0.1, 0.15) is 24.1 Å². The van der Waals surface area contributed by atoms with Gasteiger partial charge in [-0.2, -0.15) is 0 Å². The number of hydrogen-bond donors (Lipinski definition) is 1. The average molecular weight is 452 g/mol. The smallest absolute Gasteiger partial charge is 0.163 e. The average Bonchev–Trinajstić information content (AvgIpc) is 3.45. The number of aromatic amines is 1. The first-order valence-corrected chi connectivity index (χ1v) is 12.2. The molecule has 8 heteroatoms. The number of aromatic nitrogens is 3. The minimum absolute atomic E-state index is 0.289. The van der Waals surface area contributed by atoms with E-state index in [0.717, 1.165) is 65.2 Å². The molecule has 1 N–H and O–H groups in total. The first-order valence-electron chi connectivity index (χ1n) is 11.4. The quantitative estimate of drug-likeness (QED) is 0.483. The van der Waals surface area contributed by atoms with Crippen molar-refractivity contribution in [3.8, 4) is 11.4 Å². The summed E-state index contributed by atoms with van der Waals surface area (Å²) in [5, 5.41) is 0.933. The highest BCUT2D eigenvalue weighted by Gasteiger charge is 2.22. The molecule has 2 fully saturated rings. The number of likely N-dealkylation sites (tertiary alicyclic amines) is 1. The van der Waals surface area contributed by atoms with Crippen LogP contribution >= 0.6 is 11.3 Å². The van der Waals surface area contributed by atoms with E-state index in [4.69, 9.17) is 14.7 Å². The van der Waals surface area contributed by atoms with Crippen molar-refractivity contribution >= 4 is 38.3 Å². The molecular formula is C24H26FN5OS. The van der Waals surface area contributed by atoms with Crippen LogP contribution in [-0.4, -0.2) is 59.2 Å². The maximum atomic E-state index is 14.4. The van der Waals surface area contributed by atoms with Gasteiger partial charge in [0.25, 0.3) is 0 Å². The van der Waals surface area contributed by atoms with Gasteiger partial charge in [0, 0.05) is 47.2 Å². The van der Waals surface area contributed by atoms with Gasteiger partial charge in [-0.1, -0.05) is 6.42 Å². The standard InChI is InChI=1S/C24H26FN5OS/c25-16-12-19(18-4-5-26-20(18)13-16)23-27-21-14-17(15-29-6-2-1-3-7-29)32-22(21)24(28-23)30-8-10-31-11-9-30/h4-5,12-14,26H,1-3,6-11,15H2. The zero-order chi connectivity index (χ0) is 21.5. The maximum Gasteiger partial charge on any atom is 0.163 e. The van der Waals surface area contributed by atoms with Gasteiger partial charge in [-0.05, 0) is 50.2 Å². The highest BCUT2D eigenvalue weighted by atomic mass is 32.1. The number of morpholine rings is 1. The fourth-order valence-electron chi connectivity index (χ4n) is 4.81. The number of nitrogens with one attached hydrogen (secondary N) is 1. The van der Waals surface area contributed by atoms with Gasteiger partial charge in [0.2, 0.25) is 0 Å². The van der Waals surface area contributed by atoms with Crippen molar-refractivity contribution in [3.63, 3.8) is 0 Å². The molecule has 0 radical (unpaired) electrons. The van der Waals surface area contributed by atoms with Gasteiger partial charge in [-0.3, -0.25) is 4.90 Å². The van der Waals surface area contributed by atoms with Crippen LogP contribution in [0.3, 0.4) is 0 Å². The molecule has 4 aromatic rings. The summed E-state index contributed by atoms with van der Waals surface area (Å²) in [7, 11) is 0. The highest BCUT2D eigenvalue weighted by Crippen LogP contribution is 2.37. The number of nitrogens with zero attached hydrogens (tertiary/aromatic N) is 4. The van der Waals surface area contributed by atoms with Crippen molar-refractivity contribution < 1.29 is 9.13 Å². The molecule has 0 aliphatic carbocycles. The van der Waals surface area contributed by atoms with E-state index < -0.39 is 0 Å². The van der Waals surface area contributed by atoms with Gasteiger partial charge in [0.15, 0.2) is 11.6 Å². The molecule has 0 amide bonds. The Bertz CT molecular complexity index is 1260. The number of benzene rings is 1. The Morgan fingerprint density at radius 2 is 1.88 bits per heavy atom. The Balaban J connectivity index is 1.47. The lowest BCUT2D eigenvalue weighted by molar-refractivity contribution is 0.122. The number of hydrogen-bond acceptors (Lipinski definition) is 6. The second kappa shape index (κ2) is 8.42. The van der Waals surface area contributed by atoms with Crippen molar-refractivity contribution in [1.82, 2.24) is 19.9 Å². The SMILES string of the molecule is Fc1cc(-c2nc(N3CCOCC3)c3sc(CN4CCCCC4)cc3n2)c2cc[nH]c2c1. The van der Waals surface area contributed by atoms with E-state index in [0.29, 0.717) is 19.0 Å². The fourth-order valence-corrected chi connectivity index (χ4v) is 5.96. The molecule has 0 atom stereocenters. The van der Waals surface area contributed by atoms with Gasteiger partial charge in [0.05, 0.1) is 23.4 Å². The van der Waals surface area contributed by atoms with Crippen LogP contribution in [0.4, 0.5) is 10.2 Å². The van der Waals surface area contributed by atoms with Crippen LogP contribution in [0.5, 0.6) is 0 Å². The Kier molecular flexibility index (Phi) is 5.29. The number of ether oxygens (including phenoxy) is 1. The summed E-state index contributed by atoms with van der Waals surface area (Å²) in [5.74, 6) is 1.23. The third-order valence-corrected chi connectivity index (χ3v) is 7.52. The molecule has 32 heavy (non-hydrogen) atoms.